The van der Waals surface area contributed by atoms with Gasteiger partial charge < -0.3 is 10.5 Å². The number of carbonyl (C=O) groups is 1. The van der Waals surface area contributed by atoms with E-state index in [9.17, 15) is 4.79 Å². The third-order valence-corrected chi connectivity index (χ3v) is 4.82. The summed E-state index contributed by atoms with van der Waals surface area (Å²) in [5.74, 6) is 1.39. The summed E-state index contributed by atoms with van der Waals surface area (Å²) in [6.45, 7) is 0. The van der Waals surface area contributed by atoms with Gasteiger partial charge in [-0.05, 0) is 43.9 Å². The van der Waals surface area contributed by atoms with Crippen LogP contribution >= 0.6 is 12.6 Å². The van der Waals surface area contributed by atoms with Crippen LogP contribution in [0.1, 0.15) is 38.5 Å². The standard InChI is InChI=1S/C11H17NO2S/c12-9(13)14-10-2-7-1-8(3-10)5-11(15,4-7)6-10/h7-8,15H,1-6H2,(H2,12,13). The molecule has 3 nitrogen and oxygen atoms in total. The molecule has 0 aromatic heterocycles. The van der Waals surface area contributed by atoms with Crippen LogP contribution in [-0.4, -0.2) is 16.4 Å². The lowest BCUT2D eigenvalue weighted by molar-refractivity contribution is -0.115. The van der Waals surface area contributed by atoms with Crippen LogP contribution in [-0.2, 0) is 4.74 Å². The molecule has 4 aliphatic rings. The van der Waals surface area contributed by atoms with Gasteiger partial charge in [0.05, 0.1) is 0 Å². The second-order valence-corrected chi connectivity index (χ2v) is 6.74. The summed E-state index contributed by atoms with van der Waals surface area (Å²) in [5.41, 5.74) is 4.90. The summed E-state index contributed by atoms with van der Waals surface area (Å²) >= 11 is 4.79. The van der Waals surface area contributed by atoms with Crippen molar-refractivity contribution in [3.8, 4) is 0 Å². The number of ether oxygens (including phenoxy) is 1. The third-order valence-electron chi connectivity index (χ3n) is 4.29. The number of primary amides is 1. The first-order chi connectivity index (χ1) is 6.99. The van der Waals surface area contributed by atoms with E-state index < -0.39 is 6.09 Å². The molecule has 0 aromatic rings. The van der Waals surface area contributed by atoms with Crippen LogP contribution in [0.25, 0.3) is 0 Å². The first kappa shape index (κ1) is 9.82. The lowest BCUT2D eigenvalue weighted by Crippen LogP contribution is -2.58. The SMILES string of the molecule is NC(=O)OC12CC3CC(CC(S)(C3)C1)C2. The maximum atomic E-state index is 11.0. The van der Waals surface area contributed by atoms with Crippen LogP contribution in [0.15, 0.2) is 0 Å². The molecule has 15 heavy (non-hydrogen) atoms. The summed E-state index contributed by atoms with van der Waals surface area (Å²) in [4.78, 5) is 11.0. The van der Waals surface area contributed by atoms with Crippen molar-refractivity contribution < 1.29 is 9.53 Å². The molecule has 4 aliphatic carbocycles. The molecule has 0 radical (unpaired) electrons. The Morgan fingerprint density at radius 2 is 1.87 bits per heavy atom. The Labute approximate surface area is 95.1 Å². The molecule has 4 bridgehead atoms. The van der Waals surface area contributed by atoms with Gasteiger partial charge in [0, 0.05) is 11.2 Å². The van der Waals surface area contributed by atoms with E-state index in [1.54, 1.807) is 0 Å². The molecular formula is C11H17NO2S. The number of nitrogens with two attached hydrogens (primary N) is 1. The number of amides is 1. The molecule has 0 aromatic carbocycles. The molecule has 0 spiro atoms. The second-order valence-electron chi connectivity index (χ2n) is 5.79. The lowest BCUT2D eigenvalue weighted by atomic mass is 9.54. The van der Waals surface area contributed by atoms with Crippen molar-refractivity contribution in [2.24, 2.45) is 17.6 Å². The van der Waals surface area contributed by atoms with Crippen molar-refractivity contribution in [2.45, 2.75) is 48.9 Å². The molecule has 0 heterocycles. The maximum Gasteiger partial charge on any atom is 0.405 e. The topological polar surface area (TPSA) is 52.3 Å². The Hall–Kier alpha value is -0.380. The summed E-state index contributed by atoms with van der Waals surface area (Å²) < 4.78 is 5.52. The monoisotopic (exact) mass is 227 g/mol. The normalized spacial score (nSPS) is 51.8. The highest BCUT2D eigenvalue weighted by molar-refractivity contribution is 7.81. The Morgan fingerprint density at radius 1 is 1.27 bits per heavy atom. The molecular weight excluding hydrogens is 210 g/mol. The van der Waals surface area contributed by atoms with Crippen LogP contribution in [0.5, 0.6) is 0 Å². The van der Waals surface area contributed by atoms with Gasteiger partial charge in [0.2, 0.25) is 0 Å². The van der Waals surface area contributed by atoms with Gasteiger partial charge in [0.25, 0.3) is 0 Å². The fraction of sp³-hybridized carbons (Fsp3) is 0.909. The minimum atomic E-state index is -0.617. The van der Waals surface area contributed by atoms with Gasteiger partial charge in [-0.3, -0.25) is 0 Å². The molecule has 0 aliphatic heterocycles. The average molecular weight is 227 g/mol. The largest absolute Gasteiger partial charge is 0.443 e. The Bertz CT molecular complexity index is 304. The Kier molecular flexibility index (Phi) is 1.86. The zero-order chi connectivity index (χ0) is 10.7. The first-order valence-corrected chi connectivity index (χ1v) is 6.14. The van der Waals surface area contributed by atoms with Crippen LogP contribution < -0.4 is 5.73 Å². The van der Waals surface area contributed by atoms with Crippen LogP contribution in [0.3, 0.4) is 0 Å². The highest BCUT2D eigenvalue weighted by Gasteiger charge is 2.58. The van der Waals surface area contributed by atoms with Gasteiger partial charge in [-0.1, -0.05) is 0 Å². The summed E-state index contributed by atoms with van der Waals surface area (Å²) in [6.07, 6.45) is 5.98. The Balaban J connectivity index is 1.89. The van der Waals surface area contributed by atoms with Crippen molar-refractivity contribution in [2.75, 3.05) is 0 Å². The van der Waals surface area contributed by atoms with Crippen molar-refractivity contribution in [3.05, 3.63) is 0 Å². The van der Waals surface area contributed by atoms with Gasteiger partial charge in [0.15, 0.2) is 0 Å². The number of thiol groups is 1. The summed E-state index contributed by atoms with van der Waals surface area (Å²) in [7, 11) is 0. The molecule has 4 heteroatoms. The molecule has 0 saturated heterocycles. The minimum absolute atomic E-state index is 0.111. The fourth-order valence-corrected chi connectivity index (χ4v) is 5.27. The minimum Gasteiger partial charge on any atom is -0.443 e. The quantitative estimate of drug-likeness (QED) is 0.674. The maximum absolute atomic E-state index is 11.0. The zero-order valence-electron chi connectivity index (χ0n) is 8.74. The van der Waals surface area contributed by atoms with E-state index in [1.165, 1.54) is 19.3 Å². The van der Waals surface area contributed by atoms with Crippen molar-refractivity contribution in [1.29, 1.82) is 0 Å². The molecule has 84 valence electrons. The summed E-state index contributed by atoms with van der Waals surface area (Å²) in [6, 6.07) is 0. The second kappa shape index (κ2) is 2.84. The van der Waals surface area contributed by atoms with Gasteiger partial charge in [-0.25, -0.2) is 4.79 Å². The van der Waals surface area contributed by atoms with E-state index in [0.29, 0.717) is 11.8 Å². The molecule has 1 amide bonds. The predicted molar refractivity (Wildman–Crippen MR) is 59.8 cm³/mol. The molecule has 2 unspecified atom stereocenters. The highest BCUT2D eigenvalue weighted by Crippen LogP contribution is 2.60. The van der Waals surface area contributed by atoms with E-state index in [1.807, 2.05) is 0 Å². The van der Waals surface area contributed by atoms with Crippen molar-refractivity contribution in [3.63, 3.8) is 0 Å². The van der Waals surface area contributed by atoms with Gasteiger partial charge in [-0.2, -0.15) is 12.6 Å². The van der Waals surface area contributed by atoms with Crippen molar-refractivity contribution in [1.82, 2.24) is 0 Å². The predicted octanol–water partition coefficient (Wildman–Crippen LogP) is 2.10. The number of carbonyl (C=O) groups excluding carboxylic acids is 1. The van der Waals surface area contributed by atoms with Crippen LogP contribution in [0.4, 0.5) is 4.79 Å². The molecule has 2 N–H and O–H groups in total. The average Bonchev–Trinajstić information content (AvgIpc) is 1.94. The smallest absolute Gasteiger partial charge is 0.405 e. The molecule has 4 saturated carbocycles. The van der Waals surface area contributed by atoms with Crippen molar-refractivity contribution >= 4 is 18.7 Å². The van der Waals surface area contributed by atoms with E-state index in [-0.39, 0.29) is 10.3 Å². The number of rotatable bonds is 1. The first-order valence-electron chi connectivity index (χ1n) is 5.70. The van der Waals surface area contributed by atoms with E-state index >= 15 is 0 Å². The molecule has 4 rings (SSSR count). The zero-order valence-corrected chi connectivity index (χ0v) is 9.63. The van der Waals surface area contributed by atoms with Gasteiger partial charge in [0.1, 0.15) is 5.60 Å². The Morgan fingerprint density at radius 3 is 2.33 bits per heavy atom. The fourth-order valence-electron chi connectivity index (χ4n) is 4.46. The van der Waals surface area contributed by atoms with Gasteiger partial charge in [-0.15, -0.1) is 0 Å². The van der Waals surface area contributed by atoms with E-state index in [2.05, 4.69) is 0 Å². The van der Waals surface area contributed by atoms with Crippen LogP contribution in [0, 0.1) is 11.8 Å². The highest BCUT2D eigenvalue weighted by atomic mass is 32.1. The lowest BCUT2D eigenvalue weighted by Gasteiger charge is -2.59. The van der Waals surface area contributed by atoms with E-state index in [0.717, 1.165) is 19.3 Å². The number of hydrogen-bond donors (Lipinski definition) is 2. The third kappa shape index (κ3) is 1.53. The molecule has 4 fully saturated rings. The van der Waals surface area contributed by atoms with Crippen LogP contribution in [0.2, 0.25) is 0 Å². The van der Waals surface area contributed by atoms with Gasteiger partial charge >= 0.3 is 6.09 Å². The van der Waals surface area contributed by atoms with E-state index in [4.69, 9.17) is 23.1 Å². The molecule has 2 atom stereocenters. The number of hydrogen-bond acceptors (Lipinski definition) is 3. The summed E-state index contributed by atoms with van der Waals surface area (Å²) in [5, 5.41) is 0.